The second kappa shape index (κ2) is 8.11. The molecule has 3 rings (SSSR count). The fraction of sp³-hybridized carbons (Fsp3) is 0.389. The van der Waals surface area contributed by atoms with Crippen LogP contribution >= 0.6 is 12.4 Å². The summed E-state index contributed by atoms with van der Waals surface area (Å²) in [4.78, 5) is 11.5. The topological polar surface area (TPSA) is 46.8 Å². The molecule has 0 unspecified atom stereocenters. The molecule has 5 nitrogen and oxygen atoms in total. The standard InChI is InChI=1S/C18H23N5.ClH/c1-4-22(5-2)17-16-13-19-23(18(16)21-14(3)20-17)12-11-15-9-7-6-8-10-15;/h6-10,13H,4-5,11-12H2,1-3H3;1H. The monoisotopic (exact) mass is 345 g/mol. The van der Waals surface area contributed by atoms with Crippen LogP contribution in [0.3, 0.4) is 0 Å². The van der Waals surface area contributed by atoms with Crippen LogP contribution in [0.1, 0.15) is 25.2 Å². The molecule has 0 radical (unpaired) electrons. The zero-order chi connectivity index (χ0) is 16.2. The van der Waals surface area contributed by atoms with Gasteiger partial charge in [-0.25, -0.2) is 14.6 Å². The van der Waals surface area contributed by atoms with Gasteiger partial charge in [0.2, 0.25) is 0 Å². The van der Waals surface area contributed by atoms with Gasteiger partial charge in [0.1, 0.15) is 11.6 Å². The summed E-state index contributed by atoms with van der Waals surface area (Å²) >= 11 is 0. The minimum atomic E-state index is 0. The van der Waals surface area contributed by atoms with Crippen LogP contribution < -0.4 is 4.90 Å². The van der Waals surface area contributed by atoms with Crippen LogP contribution in [0.2, 0.25) is 0 Å². The zero-order valence-electron chi connectivity index (χ0n) is 14.4. The van der Waals surface area contributed by atoms with Gasteiger partial charge in [0, 0.05) is 19.6 Å². The maximum Gasteiger partial charge on any atom is 0.163 e. The summed E-state index contributed by atoms with van der Waals surface area (Å²) in [6, 6.07) is 10.5. The van der Waals surface area contributed by atoms with Gasteiger partial charge in [0.15, 0.2) is 5.65 Å². The molecule has 24 heavy (non-hydrogen) atoms. The van der Waals surface area contributed by atoms with Crippen molar-refractivity contribution in [3.05, 3.63) is 47.9 Å². The van der Waals surface area contributed by atoms with Gasteiger partial charge in [-0.1, -0.05) is 30.3 Å². The summed E-state index contributed by atoms with van der Waals surface area (Å²) < 4.78 is 1.99. The van der Waals surface area contributed by atoms with Gasteiger partial charge >= 0.3 is 0 Å². The first kappa shape index (κ1) is 18.2. The number of fused-ring (bicyclic) bond motifs is 1. The van der Waals surface area contributed by atoms with Crippen molar-refractivity contribution in [3.63, 3.8) is 0 Å². The van der Waals surface area contributed by atoms with Gasteiger partial charge in [0.25, 0.3) is 0 Å². The molecule has 0 aliphatic rings. The first-order valence-electron chi connectivity index (χ1n) is 8.22. The van der Waals surface area contributed by atoms with Crippen LogP contribution in [0.25, 0.3) is 11.0 Å². The van der Waals surface area contributed by atoms with Crippen LogP contribution in [0.15, 0.2) is 36.5 Å². The van der Waals surface area contributed by atoms with E-state index in [-0.39, 0.29) is 12.4 Å². The molecule has 0 aliphatic heterocycles. The molecular formula is C18H24ClN5. The van der Waals surface area contributed by atoms with E-state index < -0.39 is 0 Å². The highest BCUT2D eigenvalue weighted by Crippen LogP contribution is 2.23. The summed E-state index contributed by atoms with van der Waals surface area (Å²) in [7, 11) is 0. The minimum absolute atomic E-state index is 0. The molecular weight excluding hydrogens is 322 g/mol. The van der Waals surface area contributed by atoms with Crippen molar-refractivity contribution in [1.29, 1.82) is 0 Å². The van der Waals surface area contributed by atoms with E-state index in [4.69, 9.17) is 0 Å². The molecule has 2 aromatic heterocycles. The smallest absolute Gasteiger partial charge is 0.163 e. The Morgan fingerprint density at radius 3 is 2.42 bits per heavy atom. The van der Waals surface area contributed by atoms with Crippen LogP contribution in [0, 0.1) is 6.92 Å². The number of halogens is 1. The fourth-order valence-electron chi connectivity index (χ4n) is 2.85. The Morgan fingerprint density at radius 2 is 1.75 bits per heavy atom. The highest BCUT2D eigenvalue weighted by molar-refractivity contribution is 5.87. The van der Waals surface area contributed by atoms with E-state index in [0.717, 1.165) is 48.7 Å². The summed E-state index contributed by atoms with van der Waals surface area (Å²) in [6.45, 7) is 8.91. The van der Waals surface area contributed by atoms with E-state index in [1.807, 2.05) is 23.9 Å². The molecule has 0 N–H and O–H groups in total. The molecule has 0 fully saturated rings. The number of hydrogen-bond acceptors (Lipinski definition) is 4. The number of aromatic nitrogens is 4. The van der Waals surface area contributed by atoms with E-state index in [1.54, 1.807) is 0 Å². The summed E-state index contributed by atoms with van der Waals surface area (Å²) in [5, 5.41) is 5.59. The predicted octanol–water partition coefficient (Wildman–Crippen LogP) is 3.65. The number of benzene rings is 1. The van der Waals surface area contributed by atoms with Crippen molar-refractivity contribution < 1.29 is 0 Å². The molecule has 0 atom stereocenters. The molecule has 0 saturated heterocycles. The summed E-state index contributed by atoms with van der Waals surface area (Å²) in [5.41, 5.74) is 2.24. The normalized spacial score (nSPS) is 10.6. The van der Waals surface area contributed by atoms with Gasteiger partial charge in [-0.3, -0.25) is 0 Å². The Balaban J connectivity index is 0.00000208. The van der Waals surface area contributed by atoms with E-state index in [2.05, 4.69) is 58.1 Å². The van der Waals surface area contributed by atoms with Crippen LogP contribution in [0.4, 0.5) is 5.82 Å². The first-order chi connectivity index (χ1) is 11.2. The SMILES string of the molecule is CCN(CC)c1nc(C)nc2c1cnn2CCc1ccccc1.Cl. The lowest BCUT2D eigenvalue weighted by molar-refractivity contribution is 0.628. The second-order valence-electron chi connectivity index (χ2n) is 5.61. The van der Waals surface area contributed by atoms with E-state index in [1.165, 1.54) is 5.56 Å². The lowest BCUT2D eigenvalue weighted by Gasteiger charge is -2.20. The Kier molecular flexibility index (Phi) is 6.15. The Hall–Kier alpha value is -2.14. The average molecular weight is 346 g/mol. The Morgan fingerprint density at radius 1 is 1.04 bits per heavy atom. The van der Waals surface area contributed by atoms with Gasteiger partial charge in [0.05, 0.1) is 11.6 Å². The average Bonchev–Trinajstić information content (AvgIpc) is 2.98. The highest BCUT2D eigenvalue weighted by Gasteiger charge is 2.15. The lowest BCUT2D eigenvalue weighted by Crippen LogP contribution is -2.23. The molecule has 1 aromatic carbocycles. The lowest BCUT2D eigenvalue weighted by atomic mass is 10.1. The van der Waals surface area contributed by atoms with Crippen molar-refractivity contribution in [3.8, 4) is 0 Å². The van der Waals surface area contributed by atoms with Gasteiger partial charge in [-0.15, -0.1) is 12.4 Å². The van der Waals surface area contributed by atoms with Crippen LogP contribution in [-0.2, 0) is 13.0 Å². The van der Waals surface area contributed by atoms with Gasteiger partial charge in [-0.05, 0) is 32.8 Å². The van der Waals surface area contributed by atoms with Crippen LogP contribution in [-0.4, -0.2) is 32.8 Å². The quantitative estimate of drug-likeness (QED) is 0.684. The first-order valence-corrected chi connectivity index (χ1v) is 8.22. The van der Waals surface area contributed by atoms with E-state index >= 15 is 0 Å². The molecule has 0 spiro atoms. The Labute approximate surface area is 149 Å². The molecule has 0 bridgehead atoms. The van der Waals surface area contributed by atoms with Crippen molar-refractivity contribution in [2.75, 3.05) is 18.0 Å². The van der Waals surface area contributed by atoms with E-state index in [9.17, 15) is 0 Å². The molecule has 0 amide bonds. The molecule has 0 saturated carbocycles. The third kappa shape index (κ3) is 3.67. The number of nitrogens with zero attached hydrogens (tertiary/aromatic N) is 5. The third-order valence-electron chi connectivity index (χ3n) is 4.11. The number of anilines is 1. The number of aryl methyl sites for hydroxylation is 3. The maximum atomic E-state index is 4.64. The summed E-state index contributed by atoms with van der Waals surface area (Å²) in [6.07, 6.45) is 2.84. The molecule has 128 valence electrons. The largest absolute Gasteiger partial charge is 0.356 e. The van der Waals surface area contributed by atoms with Crippen molar-refractivity contribution >= 4 is 29.3 Å². The van der Waals surface area contributed by atoms with Crippen molar-refractivity contribution in [1.82, 2.24) is 19.7 Å². The zero-order valence-corrected chi connectivity index (χ0v) is 15.3. The van der Waals surface area contributed by atoms with Gasteiger partial charge < -0.3 is 4.90 Å². The molecule has 0 aliphatic carbocycles. The molecule has 6 heteroatoms. The number of rotatable bonds is 6. The third-order valence-corrected chi connectivity index (χ3v) is 4.11. The van der Waals surface area contributed by atoms with Crippen LogP contribution in [0.5, 0.6) is 0 Å². The minimum Gasteiger partial charge on any atom is -0.356 e. The maximum absolute atomic E-state index is 4.64. The van der Waals surface area contributed by atoms with E-state index in [0.29, 0.717) is 0 Å². The molecule has 3 aromatic rings. The molecule has 2 heterocycles. The predicted molar refractivity (Wildman–Crippen MR) is 101 cm³/mol. The summed E-state index contributed by atoms with van der Waals surface area (Å²) in [5.74, 6) is 1.78. The van der Waals surface area contributed by atoms with Gasteiger partial charge in [-0.2, -0.15) is 5.10 Å². The second-order valence-corrected chi connectivity index (χ2v) is 5.61. The highest BCUT2D eigenvalue weighted by atomic mass is 35.5. The Bertz CT molecular complexity index is 781. The van der Waals surface area contributed by atoms with Crippen molar-refractivity contribution in [2.45, 2.75) is 33.7 Å². The fourth-order valence-corrected chi connectivity index (χ4v) is 2.85. The number of hydrogen-bond donors (Lipinski definition) is 0. The van der Waals surface area contributed by atoms with Crippen molar-refractivity contribution in [2.24, 2.45) is 0 Å².